The van der Waals surface area contributed by atoms with Gasteiger partial charge < -0.3 is 10.1 Å². The van der Waals surface area contributed by atoms with Crippen LogP contribution in [0.25, 0.3) is 0 Å². The van der Waals surface area contributed by atoms with E-state index in [2.05, 4.69) is 50.2 Å². The van der Waals surface area contributed by atoms with Crippen molar-refractivity contribution >= 4 is 43.5 Å². The van der Waals surface area contributed by atoms with Gasteiger partial charge >= 0.3 is 0 Å². The molecule has 1 N–H and O–H groups in total. The van der Waals surface area contributed by atoms with Crippen LogP contribution in [0, 0.1) is 0 Å². The first-order valence-corrected chi connectivity index (χ1v) is 8.55. The van der Waals surface area contributed by atoms with Crippen LogP contribution in [0.5, 0.6) is 5.75 Å². The molecule has 2 aromatic rings. The highest BCUT2D eigenvalue weighted by Gasteiger charge is 2.20. The molecule has 1 unspecified atom stereocenters. The number of hydrogen-bond donors (Lipinski definition) is 1. The first-order valence-electron chi connectivity index (χ1n) is 6.58. The number of halogens is 3. The third-order valence-corrected chi connectivity index (χ3v) is 4.60. The van der Waals surface area contributed by atoms with Crippen molar-refractivity contribution in [3.63, 3.8) is 0 Å². The van der Waals surface area contributed by atoms with Crippen LogP contribution in [0.4, 0.5) is 0 Å². The fraction of sp³-hybridized carbons (Fsp3) is 0.250. The van der Waals surface area contributed by atoms with Crippen molar-refractivity contribution in [1.82, 2.24) is 5.32 Å². The zero-order valence-electron chi connectivity index (χ0n) is 11.8. The standard InChI is InChI=1S/C16H16Br2ClNO/c1-3-20-16(12-6-4-10(17)8-14(12)18)13-9-11(19)5-7-15(13)21-2/h4-9,16,20H,3H2,1-2H3. The van der Waals surface area contributed by atoms with E-state index in [9.17, 15) is 0 Å². The highest BCUT2D eigenvalue weighted by atomic mass is 79.9. The molecular weight excluding hydrogens is 417 g/mol. The van der Waals surface area contributed by atoms with E-state index in [-0.39, 0.29) is 6.04 Å². The number of methoxy groups -OCH3 is 1. The Morgan fingerprint density at radius 1 is 1.14 bits per heavy atom. The molecule has 0 aliphatic rings. The van der Waals surface area contributed by atoms with Crippen molar-refractivity contribution < 1.29 is 4.74 Å². The summed E-state index contributed by atoms with van der Waals surface area (Å²) in [6.45, 7) is 2.92. The molecule has 2 nitrogen and oxygen atoms in total. The Hall–Kier alpha value is -0.550. The van der Waals surface area contributed by atoms with Crippen molar-refractivity contribution in [3.8, 4) is 5.75 Å². The van der Waals surface area contributed by atoms with Gasteiger partial charge in [0.25, 0.3) is 0 Å². The number of hydrogen-bond acceptors (Lipinski definition) is 2. The largest absolute Gasteiger partial charge is 0.496 e. The Bertz CT molecular complexity index is 634. The summed E-state index contributed by atoms with van der Waals surface area (Å²) in [7, 11) is 1.67. The molecule has 21 heavy (non-hydrogen) atoms. The van der Waals surface area contributed by atoms with Gasteiger partial charge in [0.2, 0.25) is 0 Å². The summed E-state index contributed by atoms with van der Waals surface area (Å²) in [5, 5.41) is 4.19. The molecule has 0 saturated heterocycles. The van der Waals surface area contributed by atoms with E-state index in [0.717, 1.165) is 32.4 Å². The fourth-order valence-corrected chi connectivity index (χ4v) is 3.71. The topological polar surface area (TPSA) is 21.3 Å². The molecule has 0 bridgehead atoms. The van der Waals surface area contributed by atoms with Gasteiger partial charge in [-0.2, -0.15) is 0 Å². The zero-order valence-corrected chi connectivity index (χ0v) is 15.7. The van der Waals surface area contributed by atoms with E-state index in [1.807, 2.05) is 30.3 Å². The predicted octanol–water partition coefficient (Wildman–Crippen LogP) is 5.57. The molecule has 2 aromatic carbocycles. The molecule has 2 rings (SSSR count). The molecule has 0 aromatic heterocycles. The van der Waals surface area contributed by atoms with E-state index >= 15 is 0 Å². The van der Waals surface area contributed by atoms with Crippen LogP contribution in [-0.2, 0) is 0 Å². The molecule has 1 atom stereocenters. The Morgan fingerprint density at radius 3 is 2.52 bits per heavy atom. The number of nitrogens with one attached hydrogen (secondary N) is 1. The molecule has 0 amide bonds. The second-order valence-electron chi connectivity index (χ2n) is 4.54. The van der Waals surface area contributed by atoms with Gasteiger partial charge in [0, 0.05) is 19.5 Å². The SMILES string of the molecule is CCNC(c1ccc(Br)cc1Br)c1cc(Cl)ccc1OC. The molecule has 0 spiro atoms. The first kappa shape index (κ1) is 16.8. The molecule has 0 saturated carbocycles. The lowest BCUT2D eigenvalue weighted by Gasteiger charge is -2.22. The highest BCUT2D eigenvalue weighted by Crippen LogP contribution is 2.36. The van der Waals surface area contributed by atoms with Crippen LogP contribution in [0.3, 0.4) is 0 Å². The molecule has 0 aliphatic carbocycles. The molecular formula is C16H16Br2ClNO. The van der Waals surface area contributed by atoms with Crippen molar-refractivity contribution in [2.24, 2.45) is 0 Å². The first-order chi connectivity index (χ1) is 10.1. The van der Waals surface area contributed by atoms with E-state index in [1.165, 1.54) is 0 Å². The van der Waals surface area contributed by atoms with Gasteiger partial charge in [-0.15, -0.1) is 0 Å². The minimum absolute atomic E-state index is 0.00567. The lowest BCUT2D eigenvalue weighted by molar-refractivity contribution is 0.404. The number of ether oxygens (including phenoxy) is 1. The summed E-state index contributed by atoms with van der Waals surface area (Å²) in [5.41, 5.74) is 2.16. The Kier molecular flexibility index (Phi) is 6.11. The van der Waals surface area contributed by atoms with Crippen molar-refractivity contribution in [3.05, 3.63) is 61.5 Å². The van der Waals surface area contributed by atoms with Gasteiger partial charge in [-0.3, -0.25) is 0 Å². The summed E-state index contributed by atoms with van der Waals surface area (Å²) in [4.78, 5) is 0. The second kappa shape index (κ2) is 7.63. The lowest BCUT2D eigenvalue weighted by atomic mass is 9.97. The predicted molar refractivity (Wildman–Crippen MR) is 95.4 cm³/mol. The van der Waals surface area contributed by atoms with Gasteiger partial charge in [-0.05, 0) is 42.4 Å². The summed E-state index contributed by atoms with van der Waals surface area (Å²) in [6.07, 6.45) is 0. The number of benzene rings is 2. The van der Waals surface area contributed by atoms with Gasteiger partial charge in [0.05, 0.1) is 13.2 Å². The second-order valence-corrected chi connectivity index (χ2v) is 6.75. The third-order valence-electron chi connectivity index (χ3n) is 3.18. The average molecular weight is 434 g/mol. The van der Waals surface area contributed by atoms with Crippen LogP contribution in [-0.4, -0.2) is 13.7 Å². The molecule has 0 aliphatic heterocycles. The molecule has 5 heteroatoms. The van der Waals surface area contributed by atoms with E-state index < -0.39 is 0 Å². The average Bonchev–Trinajstić information content (AvgIpc) is 2.45. The van der Waals surface area contributed by atoms with Crippen LogP contribution in [0.1, 0.15) is 24.1 Å². The summed E-state index contributed by atoms with van der Waals surface area (Å²) < 4.78 is 7.56. The van der Waals surface area contributed by atoms with Crippen LogP contribution >= 0.6 is 43.5 Å². The van der Waals surface area contributed by atoms with Crippen LogP contribution < -0.4 is 10.1 Å². The van der Waals surface area contributed by atoms with E-state index in [0.29, 0.717) is 5.02 Å². The van der Waals surface area contributed by atoms with E-state index in [4.69, 9.17) is 16.3 Å². The Balaban J connectivity index is 2.55. The minimum Gasteiger partial charge on any atom is -0.496 e. The van der Waals surface area contributed by atoms with Crippen molar-refractivity contribution in [1.29, 1.82) is 0 Å². The highest BCUT2D eigenvalue weighted by molar-refractivity contribution is 9.11. The summed E-state index contributed by atoms with van der Waals surface area (Å²) in [5.74, 6) is 0.820. The van der Waals surface area contributed by atoms with Crippen molar-refractivity contribution in [2.45, 2.75) is 13.0 Å². The van der Waals surface area contributed by atoms with Gasteiger partial charge in [-0.1, -0.05) is 56.5 Å². The normalized spacial score (nSPS) is 12.2. The smallest absolute Gasteiger partial charge is 0.124 e. The Morgan fingerprint density at radius 2 is 1.90 bits per heavy atom. The molecule has 0 fully saturated rings. The maximum absolute atomic E-state index is 6.17. The number of rotatable bonds is 5. The van der Waals surface area contributed by atoms with Gasteiger partial charge in [-0.25, -0.2) is 0 Å². The van der Waals surface area contributed by atoms with Crippen LogP contribution in [0.2, 0.25) is 5.02 Å². The monoisotopic (exact) mass is 431 g/mol. The van der Waals surface area contributed by atoms with E-state index in [1.54, 1.807) is 7.11 Å². The lowest BCUT2D eigenvalue weighted by Crippen LogP contribution is -2.23. The quantitative estimate of drug-likeness (QED) is 0.665. The fourth-order valence-electron chi connectivity index (χ4n) is 2.26. The van der Waals surface area contributed by atoms with Crippen LogP contribution in [0.15, 0.2) is 45.3 Å². The summed E-state index contributed by atoms with van der Waals surface area (Å²) in [6, 6.07) is 11.8. The van der Waals surface area contributed by atoms with Crippen molar-refractivity contribution in [2.75, 3.05) is 13.7 Å². The third kappa shape index (κ3) is 4.01. The minimum atomic E-state index is 0.00567. The van der Waals surface area contributed by atoms with Gasteiger partial charge in [0.1, 0.15) is 5.75 Å². The molecule has 112 valence electrons. The Labute approximate surface area is 147 Å². The maximum atomic E-state index is 6.17. The summed E-state index contributed by atoms with van der Waals surface area (Å²) >= 11 is 13.3. The van der Waals surface area contributed by atoms with Gasteiger partial charge in [0.15, 0.2) is 0 Å². The maximum Gasteiger partial charge on any atom is 0.124 e. The molecule has 0 radical (unpaired) electrons. The zero-order chi connectivity index (χ0) is 15.4. The molecule has 0 heterocycles.